The monoisotopic (exact) mass is 598 g/mol. The summed E-state index contributed by atoms with van der Waals surface area (Å²) in [5.74, 6) is 0.232. The number of rotatable bonds is 10. The Balaban J connectivity index is 1.39. The van der Waals surface area contributed by atoms with Crippen molar-refractivity contribution >= 4 is 40.0 Å². The Kier molecular flexibility index (Phi) is 10.4. The third kappa shape index (κ3) is 8.08. The van der Waals surface area contributed by atoms with Crippen LogP contribution < -0.4 is 15.4 Å². The molecule has 1 atom stereocenters. The van der Waals surface area contributed by atoms with Crippen molar-refractivity contribution in [2.24, 2.45) is 5.41 Å². The van der Waals surface area contributed by atoms with Gasteiger partial charge in [0.25, 0.3) is 11.8 Å². The quantitative estimate of drug-likeness (QED) is 0.304. The number of carbonyl (C=O) groups is 2. The fraction of sp³-hybridized carbons (Fsp3) is 0.433. The van der Waals surface area contributed by atoms with E-state index in [1.807, 2.05) is 31.2 Å². The minimum Gasteiger partial charge on any atom is -0.496 e. The van der Waals surface area contributed by atoms with E-state index >= 15 is 0 Å². The van der Waals surface area contributed by atoms with Gasteiger partial charge in [-0.1, -0.05) is 56.0 Å². The smallest absolute Gasteiger partial charge is 0.257 e. The van der Waals surface area contributed by atoms with Crippen LogP contribution >= 0.6 is 23.1 Å². The second-order valence-corrected chi connectivity index (χ2v) is 13.3. The molecule has 2 heterocycles. The second-order valence-electron chi connectivity index (χ2n) is 10.9. The summed E-state index contributed by atoms with van der Waals surface area (Å²) in [6, 6.07) is 11.1. The molecule has 0 spiro atoms. The number of aryl methyl sites for hydroxylation is 1. The number of morpholine rings is 1. The molecule has 1 unspecified atom stereocenters. The van der Waals surface area contributed by atoms with E-state index in [1.165, 1.54) is 23.1 Å². The number of anilines is 1. The molecule has 0 radical (unpaired) electrons. The molecule has 9 nitrogen and oxygen atoms in total. The number of nitrogens with zero attached hydrogens (tertiary/aromatic N) is 2. The molecule has 3 N–H and O–H groups in total. The van der Waals surface area contributed by atoms with Gasteiger partial charge >= 0.3 is 0 Å². The molecule has 11 heteroatoms. The van der Waals surface area contributed by atoms with Crippen LogP contribution in [0.4, 0.5) is 5.13 Å². The van der Waals surface area contributed by atoms with E-state index in [4.69, 9.17) is 9.47 Å². The van der Waals surface area contributed by atoms with E-state index in [2.05, 4.69) is 36.4 Å². The van der Waals surface area contributed by atoms with Gasteiger partial charge in [0.2, 0.25) is 0 Å². The second kappa shape index (κ2) is 13.8. The van der Waals surface area contributed by atoms with E-state index in [0.717, 1.165) is 20.2 Å². The van der Waals surface area contributed by atoms with E-state index in [-0.39, 0.29) is 29.9 Å². The average molecular weight is 599 g/mol. The van der Waals surface area contributed by atoms with Gasteiger partial charge in [-0.05, 0) is 47.7 Å². The highest BCUT2D eigenvalue weighted by molar-refractivity contribution is 8.01. The minimum absolute atomic E-state index is 0.0269. The topological polar surface area (TPSA) is 113 Å². The SMILES string of the molecule is COc1cc(C)c(Sc2cnc(NC(=O)c3ccc(CNC(CO)C(C)(C)C)cc3)s2)cc1C(=O)N1CCOCC1. The molecule has 2 aromatic carbocycles. The van der Waals surface area contributed by atoms with Crippen LogP contribution in [0.2, 0.25) is 0 Å². The standard InChI is InChI=1S/C30H38N4O5S2/c1-19-14-23(38-5)22(28(37)34-10-12-39-13-11-34)15-24(19)40-26-17-32-29(41-26)33-27(36)21-8-6-20(7-9-21)16-31-25(18-35)30(2,3)4/h6-9,14-15,17,25,31,35H,10-13,16,18H2,1-5H3,(H,32,33,36). The van der Waals surface area contributed by atoms with Crippen LogP contribution in [0.25, 0.3) is 0 Å². The van der Waals surface area contributed by atoms with Crippen molar-refractivity contribution in [1.29, 1.82) is 0 Å². The molecule has 0 saturated carbocycles. The maximum atomic E-state index is 13.2. The highest BCUT2D eigenvalue weighted by Gasteiger charge is 2.24. The molecule has 0 bridgehead atoms. The predicted molar refractivity (Wildman–Crippen MR) is 162 cm³/mol. The summed E-state index contributed by atoms with van der Waals surface area (Å²) in [5.41, 5.74) is 2.99. The number of amides is 2. The van der Waals surface area contributed by atoms with Crippen molar-refractivity contribution in [3.05, 3.63) is 64.8 Å². The van der Waals surface area contributed by atoms with Gasteiger partial charge in [-0.3, -0.25) is 14.9 Å². The number of carbonyl (C=O) groups excluding carboxylic acids is 2. The van der Waals surface area contributed by atoms with Crippen molar-refractivity contribution in [2.45, 2.75) is 49.4 Å². The number of ether oxygens (including phenoxy) is 2. The number of hydrogen-bond donors (Lipinski definition) is 3. The average Bonchev–Trinajstić information content (AvgIpc) is 3.40. The number of aromatic nitrogens is 1. The first kappa shape index (κ1) is 31.0. The normalized spacial score (nSPS) is 14.5. The molecule has 4 rings (SSSR count). The van der Waals surface area contributed by atoms with Gasteiger partial charge in [0.05, 0.1) is 42.9 Å². The Morgan fingerprint density at radius 2 is 1.90 bits per heavy atom. The number of methoxy groups -OCH3 is 1. The van der Waals surface area contributed by atoms with Crippen LogP contribution in [0.15, 0.2) is 51.7 Å². The first-order valence-corrected chi connectivity index (χ1v) is 15.2. The van der Waals surface area contributed by atoms with E-state index in [9.17, 15) is 14.7 Å². The van der Waals surface area contributed by atoms with E-state index in [0.29, 0.717) is 54.9 Å². The molecule has 1 aromatic heterocycles. The maximum absolute atomic E-state index is 13.2. The van der Waals surface area contributed by atoms with Gasteiger partial charge in [0.15, 0.2) is 5.13 Å². The van der Waals surface area contributed by atoms with E-state index in [1.54, 1.807) is 30.3 Å². The van der Waals surface area contributed by atoms with Gasteiger partial charge < -0.3 is 24.8 Å². The number of hydrogen-bond acceptors (Lipinski definition) is 9. The predicted octanol–water partition coefficient (Wildman–Crippen LogP) is 4.83. The minimum atomic E-state index is -0.239. The molecular formula is C30H38N4O5S2. The number of thiazole rings is 1. The zero-order chi connectivity index (χ0) is 29.6. The largest absolute Gasteiger partial charge is 0.496 e. The number of aliphatic hydroxyl groups is 1. The summed E-state index contributed by atoms with van der Waals surface area (Å²) in [7, 11) is 1.57. The molecule has 1 fully saturated rings. The van der Waals surface area contributed by atoms with Gasteiger partial charge in [0.1, 0.15) is 5.75 Å². The van der Waals surface area contributed by atoms with Crippen LogP contribution in [-0.2, 0) is 11.3 Å². The lowest BCUT2D eigenvalue weighted by molar-refractivity contribution is 0.0300. The fourth-order valence-corrected chi connectivity index (χ4v) is 6.28. The Morgan fingerprint density at radius 1 is 1.20 bits per heavy atom. The molecule has 1 aliphatic rings. The van der Waals surface area contributed by atoms with Gasteiger partial charge in [-0.15, -0.1) is 0 Å². The summed E-state index contributed by atoms with van der Waals surface area (Å²) in [4.78, 5) is 33.2. The fourth-order valence-electron chi connectivity index (χ4n) is 4.35. The first-order chi connectivity index (χ1) is 19.6. The number of nitrogens with one attached hydrogen (secondary N) is 2. The molecule has 3 aromatic rings. The summed E-state index contributed by atoms with van der Waals surface area (Å²) in [6.45, 7) is 11.0. The lowest BCUT2D eigenvalue weighted by Gasteiger charge is -2.30. The zero-order valence-electron chi connectivity index (χ0n) is 24.2. The lowest BCUT2D eigenvalue weighted by atomic mass is 9.87. The molecule has 0 aliphatic carbocycles. The third-order valence-electron chi connectivity index (χ3n) is 6.94. The van der Waals surface area contributed by atoms with Crippen molar-refractivity contribution in [1.82, 2.24) is 15.2 Å². The molecular weight excluding hydrogens is 560 g/mol. The zero-order valence-corrected chi connectivity index (χ0v) is 25.8. The summed E-state index contributed by atoms with van der Waals surface area (Å²) < 4.78 is 11.8. The van der Waals surface area contributed by atoms with Crippen molar-refractivity contribution in [3.63, 3.8) is 0 Å². The molecule has 2 amide bonds. The van der Waals surface area contributed by atoms with Crippen molar-refractivity contribution in [3.8, 4) is 5.75 Å². The van der Waals surface area contributed by atoms with Crippen LogP contribution in [0.5, 0.6) is 5.75 Å². The third-order valence-corrected chi connectivity index (χ3v) is 9.11. The van der Waals surface area contributed by atoms with Crippen LogP contribution in [0.1, 0.15) is 52.6 Å². The van der Waals surface area contributed by atoms with E-state index < -0.39 is 0 Å². The molecule has 1 aliphatic heterocycles. The Labute approximate surface area is 249 Å². The molecule has 220 valence electrons. The van der Waals surface area contributed by atoms with Crippen LogP contribution in [0.3, 0.4) is 0 Å². The Bertz CT molecular complexity index is 1350. The van der Waals surface area contributed by atoms with Crippen molar-refractivity contribution in [2.75, 3.05) is 45.3 Å². The summed E-state index contributed by atoms with van der Waals surface area (Å²) in [6.07, 6.45) is 1.72. The summed E-state index contributed by atoms with van der Waals surface area (Å²) >= 11 is 2.87. The number of benzene rings is 2. The number of aliphatic hydroxyl groups excluding tert-OH is 1. The van der Waals surface area contributed by atoms with Crippen LogP contribution in [0, 0.1) is 12.3 Å². The summed E-state index contributed by atoms with van der Waals surface area (Å²) in [5, 5.41) is 16.4. The molecule has 41 heavy (non-hydrogen) atoms. The van der Waals surface area contributed by atoms with Crippen molar-refractivity contribution < 1.29 is 24.2 Å². The first-order valence-electron chi connectivity index (χ1n) is 13.5. The maximum Gasteiger partial charge on any atom is 0.257 e. The Morgan fingerprint density at radius 3 is 2.54 bits per heavy atom. The lowest BCUT2D eigenvalue weighted by Crippen LogP contribution is -2.42. The van der Waals surface area contributed by atoms with Gasteiger partial charge in [-0.25, -0.2) is 4.98 Å². The highest BCUT2D eigenvalue weighted by Crippen LogP contribution is 2.38. The van der Waals surface area contributed by atoms with Gasteiger partial charge in [-0.2, -0.15) is 0 Å². The highest BCUT2D eigenvalue weighted by atomic mass is 32.2. The molecule has 1 saturated heterocycles. The Hall–Kier alpha value is -2.96. The van der Waals surface area contributed by atoms with Crippen LogP contribution in [-0.4, -0.2) is 72.9 Å². The van der Waals surface area contributed by atoms with Gasteiger partial charge in [0, 0.05) is 36.1 Å².